The van der Waals surface area contributed by atoms with Crippen molar-refractivity contribution in [3.63, 3.8) is 0 Å². The third-order valence-electron chi connectivity index (χ3n) is 5.29. The van der Waals surface area contributed by atoms with Crippen LogP contribution in [0.1, 0.15) is 30.1 Å². The number of nitrogens with zero attached hydrogens (tertiary/aromatic N) is 3. The second-order valence-corrected chi connectivity index (χ2v) is 7.87. The van der Waals surface area contributed by atoms with Crippen LogP contribution in [0.4, 0.5) is 0 Å². The maximum Gasteiger partial charge on any atom is 0.137 e. The standard InChI is InChI=1S/C20H20N4S/c1-2-7-18-16(5-1)17-6-3-4-15(19(17)25-18)12-24-10-8-14(9-11-24)20-21-13-22-23-20/h1-7,13-14H,8-12H2,(H,21,22,23). The number of H-pyrrole nitrogens is 1. The molecule has 4 aromatic rings. The molecule has 2 aromatic heterocycles. The van der Waals surface area contributed by atoms with Crippen molar-refractivity contribution in [2.75, 3.05) is 13.1 Å². The third-order valence-corrected chi connectivity index (χ3v) is 6.55. The Balaban J connectivity index is 1.38. The summed E-state index contributed by atoms with van der Waals surface area (Å²) >= 11 is 1.93. The van der Waals surface area contributed by atoms with Crippen LogP contribution in [0, 0.1) is 0 Å². The van der Waals surface area contributed by atoms with Gasteiger partial charge in [-0.25, -0.2) is 4.98 Å². The van der Waals surface area contributed by atoms with Crippen LogP contribution in [0.15, 0.2) is 48.8 Å². The van der Waals surface area contributed by atoms with Crippen molar-refractivity contribution in [3.8, 4) is 0 Å². The van der Waals surface area contributed by atoms with E-state index in [1.807, 2.05) is 11.3 Å². The zero-order valence-corrected chi connectivity index (χ0v) is 14.8. The summed E-state index contributed by atoms with van der Waals surface area (Å²) in [5.41, 5.74) is 1.46. The van der Waals surface area contributed by atoms with Crippen molar-refractivity contribution in [3.05, 3.63) is 60.2 Å². The molecule has 5 rings (SSSR count). The molecule has 0 unspecified atom stereocenters. The molecular formula is C20H20N4S. The number of aromatic nitrogens is 3. The monoisotopic (exact) mass is 348 g/mol. The summed E-state index contributed by atoms with van der Waals surface area (Å²) in [6.45, 7) is 3.27. The fourth-order valence-electron chi connectivity index (χ4n) is 3.95. The summed E-state index contributed by atoms with van der Waals surface area (Å²) in [5.74, 6) is 1.57. The van der Waals surface area contributed by atoms with Crippen molar-refractivity contribution in [1.82, 2.24) is 20.1 Å². The zero-order valence-electron chi connectivity index (χ0n) is 14.0. The normalized spacial score (nSPS) is 16.8. The van der Waals surface area contributed by atoms with Gasteiger partial charge in [0.2, 0.25) is 0 Å². The lowest BCUT2D eigenvalue weighted by molar-refractivity contribution is 0.202. The first-order valence-corrected chi connectivity index (χ1v) is 9.67. The molecular weight excluding hydrogens is 328 g/mol. The number of piperidine rings is 1. The first-order chi connectivity index (χ1) is 12.4. The fraction of sp³-hybridized carbons (Fsp3) is 0.300. The van der Waals surface area contributed by atoms with E-state index in [0.29, 0.717) is 5.92 Å². The summed E-state index contributed by atoms with van der Waals surface area (Å²) in [5, 5.41) is 9.80. The minimum absolute atomic E-state index is 0.527. The minimum atomic E-state index is 0.527. The molecule has 1 aliphatic rings. The number of thiophene rings is 1. The van der Waals surface area contributed by atoms with E-state index in [4.69, 9.17) is 0 Å². The Kier molecular flexibility index (Phi) is 3.76. The molecule has 0 bridgehead atoms. The van der Waals surface area contributed by atoms with Gasteiger partial charge in [0.25, 0.3) is 0 Å². The van der Waals surface area contributed by atoms with Gasteiger partial charge in [-0.2, -0.15) is 5.10 Å². The molecule has 0 saturated carbocycles. The van der Waals surface area contributed by atoms with E-state index in [1.54, 1.807) is 6.33 Å². The maximum atomic E-state index is 4.33. The molecule has 0 atom stereocenters. The van der Waals surface area contributed by atoms with Crippen molar-refractivity contribution in [1.29, 1.82) is 0 Å². The van der Waals surface area contributed by atoms with Gasteiger partial charge in [-0.15, -0.1) is 11.3 Å². The van der Waals surface area contributed by atoms with Crippen LogP contribution in [-0.4, -0.2) is 33.2 Å². The van der Waals surface area contributed by atoms with Gasteiger partial charge in [-0.1, -0.05) is 36.4 Å². The molecule has 3 heterocycles. The van der Waals surface area contributed by atoms with E-state index < -0.39 is 0 Å². The average Bonchev–Trinajstić information content (AvgIpc) is 3.31. The summed E-state index contributed by atoms with van der Waals surface area (Å²) in [7, 11) is 0. The highest BCUT2D eigenvalue weighted by Crippen LogP contribution is 2.36. The molecule has 25 heavy (non-hydrogen) atoms. The van der Waals surface area contributed by atoms with E-state index in [1.165, 1.54) is 25.7 Å². The smallest absolute Gasteiger partial charge is 0.137 e. The number of fused-ring (bicyclic) bond motifs is 3. The Morgan fingerprint density at radius 1 is 1.04 bits per heavy atom. The predicted molar refractivity (Wildman–Crippen MR) is 103 cm³/mol. The Morgan fingerprint density at radius 3 is 2.72 bits per heavy atom. The number of hydrogen-bond donors (Lipinski definition) is 1. The van der Waals surface area contributed by atoms with Crippen LogP contribution in [0.25, 0.3) is 20.2 Å². The Labute approximate surface area is 150 Å². The molecule has 1 saturated heterocycles. The number of benzene rings is 2. The summed E-state index contributed by atoms with van der Waals surface area (Å²) in [6, 6.07) is 15.5. The summed E-state index contributed by atoms with van der Waals surface area (Å²) in [4.78, 5) is 6.91. The Morgan fingerprint density at radius 2 is 1.88 bits per heavy atom. The molecule has 2 aromatic carbocycles. The number of nitrogens with one attached hydrogen (secondary N) is 1. The predicted octanol–water partition coefficient (Wildman–Crippen LogP) is 4.55. The van der Waals surface area contributed by atoms with Gasteiger partial charge in [0.05, 0.1) is 0 Å². The largest absolute Gasteiger partial charge is 0.299 e. The summed E-state index contributed by atoms with van der Waals surface area (Å²) in [6.07, 6.45) is 3.92. The number of aromatic amines is 1. The van der Waals surface area contributed by atoms with Crippen molar-refractivity contribution >= 4 is 31.5 Å². The first-order valence-electron chi connectivity index (χ1n) is 8.85. The van der Waals surface area contributed by atoms with E-state index in [-0.39, 0.29) is 0 Å². The van der Waals surface area contributed by atoms with Gasteiger partial charge in [-0.05, 0) is 37.6 Å². The lowest BCUT2D eigenvalue weighted by Gasteiger charge is -2.31. The van der Waals surface area contributed by atoms with Gasteiger partial charge in [0.15, 0.2) is 0 Å². The van der Waals surface area contributed by atoms with Gasteiger partial charge in [0, 0.05) is 32.6 Å². The highest BCUT2D eigenvalue weighted by Gasteiger charge is 2.23. The van der Waals surface area contributed by atoms with Crippen LogP contribution >= 0.6 is 11.3 Å². The van der Waals surface area contributed by atoms with Gasteiger partial charge >= 0.3 is 0 Å². The van der Waals surface area contributed by atoms with Crippen molar-refractivity contribution in [2.24, 2.45) is 0 Å². The van der Waals surface area contributed by atoms with E-state index >= 15 is 0 Å². The van der Waals surface area contributed by atoms with Crippen LogP contribution in [-0.2, 0) is 6.54 Å². The van der Waals surface area contributed by atoms with Crippen LogP contribution in [0.3, 0.4) is 0 Å². The molecule has 0 spiro atoms. The molecule has 4 nitrogen and oxygen atoms in total. The maximum absolute atomic E-state index is 4.33. The molecule has 0 radical (unpaired) electrons. The second-order valence-electron chi connectivity index (χ2n) is 6.81. The second kappa shape index (κ2) is 6.24. The fourth-order valence-corrected chi connectivity index (χ4v) is 5.15. The lowest BCUT2D eigenvalue weighted by atomic mass is 9.96. The van der Waals surface area contributed by atoms with E-state index in [2.05, 4.69) is 62.5 Å². The number of likely N-dealkylation sites (tertiary alicyclic amines) is 1. The Bertz CT molecular complexity index is 997. The van der Waals surface area contributed by atoms with Crippen LogP contribution in [0.5, 0.6) is 0 Å². The Hall–Kier alpha value is -2.24. The van der Waals surface area contributed by atoms with Crippen LogP contribution in [0.2, 0.25) is 0 Å². The average molecular weight is 348 g/mol. The molecule has 5 heteroatoms. The SMILES string of the molecule is c1ccc2c(c1)sc1c(CN3CCC(c4ncn[nH]4)CC3)cccc12. The zero-order chi connectivity index (χ0) is 16.6. The van der Waals surface area contributed by atoms with E-state index in [0.717, 1.165) is 38.3 Å². The first kappa shape index (κ1) is 15.0. The minimum Gasteiger partial charge on any atom is -0.299 e. The molecule has 126 valence electrons. The molecule has 1 fully saturated rings. The van der Waals surface area contributed by atoms with E-state index in [9.17, 15) is 0 Å². The van der Waals surface area contributed by atoms with Gasteiger partial charge < -0.3 is 0 Å². The molecule has 0 amide bonds. The molecule has 1 N–H and O–H groups in total. The third kappa shape index (κ3) is 2.73. The van der Waals surface area contributed by atoms with Gasteiger partial charge in [0.1, 0.15) is 12.2 Å². The molecule has 1 aliphatic heterocycles. The highest BCUT2D eigenvalue weighted by atomic mass is 32.1. The van der Waals surface area contributed by atoms with Crippen molar-refractivity contribution < 1.29 is 0 Å². The van der Waals surface area contributed by atoms with Crippen LogP contribution < -0.4 is 0 Å². The number of hydrogen-bond acceptors (Lipinski definition) is 4. The highest BCUT2D eigenvalue weighted by molar-refractivity contribution is 7.26. The number of rotatable bonds is 3. The van der Waals surface area contributed by atoms with Gasteiger partial charge in [-0.3, -0.25) is 10.00 Å². The summed E-state index contributed by atoms with van der Waals surface area (Å²) < 4.78 is 2.83. The molecule has 0 aliphatic carbocycles. The topological polar surface area (TPSA) is 44.8 Å². The quantitative estimate of drug-likeness (QED) is 0.591. The van der Waals surface area contributed by atoms with Crippen molar-refractivity contribution in [2.45, 2.75) is 25.3 Å². The lowest BCUT2D eigenvalue weighted by Crippen LogP contribution is -2.32.